The normalized spacial score (nSPS) is 18.1. The van der Waals surface area contributed by atoms with Gasteiger partial charge in [0.2, 0.25) is 0 Å². The fourth-order valence-corrected chi connectivity index (χ4v) is 3.24. The number of nitrogens with one attached hydrogen (secondary N) is 1. The van der Waals surface area contributed by atoms with Crippen molar-refractivity contribution >= 4 is 29.1 Å². The molecule has 0 radical (unpaired) electrons. The van der Waals surface area contributed by atoms with Gasteiger partial charge in [0.25, 0.3) is 17.4 Å². The Morgan fingerprint density at radius 2 is 1.97 bits per heavy atom. The van der Waals surface area contributed by atoms with Crippen LogP contribution < -0.4 is 19.7 Å². The highest BCUT2D eigenvalue weighted by Crippen LogP contribution is 2.43. The van der Waals surface area contributed by atoms with E-state index < -0.39 is 45.7 Å². The van der Waals surface area contributed by atoms with Gasteiger partial charge in [0, 0.05) is 20.2 Å². The summed E-state index contributed by atoms with van der Waals surface area (Å²) in [6.45, 7) is 1.11. The first-order valence-electron chi connectivity index (χ1n) is 9.01. The summed E-state index contributed by atoms with van der Waals surface area (Å²) in [4.78, 5) is 26.4. The highest BCUT2D eigenvalue weighted by Gasteiger charge is 2.49. The number of likely N-dealkylation sites (N-methyl/N-ethyl adjacent to an activating group) is 1. The van der Waals surface area contributed by atoms with Gasteiger partial charge < -0.3 is 24.4 Å². The van der Waals surface area contributed by atoms with Crippen molar-refractivity contribution in [2.45, 2.75) is 18.7 Å². The zero-order valence-corrected chi connectivity index (χ0v) is 17.7. The average molecular weight is 477 g/mol. The fraction of sp³-hybridized carbons (Fsp3) is 0.300. The summed E-state index contributed by atoms with van der Waals surface area (Å²) in [6.07, 6.45) is -4.78. The first-order chi connectivity index (χ1) is 14.9. The largest absolute Gasteiger partial charge is 0.465 e. The lowest BCUT2D eigenvalue weighted by molar-refractivity contribution is -0.149. The van der Waals surface area contributed by atoms with Crippen molar-refractivity contribution < 1.29 is 41.4 Å². The Morgan fingerprint density at radius 1 is 1.28 bits per heavy atom. The highest BCUT2D eigenvalue weighted by molar-refractivity contribution is 6.32. The highest BCUT2D eigenvalue weighted by atomic mass is 35.5. The van der Waals surface area contributed by atoms with Crippen LogP contribution in [0.3, 0.4) is 0 Å². The molecule has 1 unspecified atom stereocenters. The number of benzene rings is 2. The van der Waals surface area contributed by atoms with Crippen LogP contribution in [0.1, 0.15) is 12.5 Å². The molecule has 1 N–H and O–H groups in total. The number of carbonyl (C=O) groups excluding carboxylic acids is 2. The second-order valence-corrected chi connectivity index (χ2v) is 7.34. The van der Waals surface area contributed by atoms with E-state index in [1.165, 1.54) is 44.2 Å². The number of fused-ring (bicyclic) bond motifs is 1. The summed E-state index contributed by atoms with van der Waals surface area (Å²) in [6, 6.07) is 4.81. The Morgan fingerprint density at radius 3 is 2.56 bits per heavy atom. The Kier molecular flexibility index (Phi) is 6.25. The third-order valence-corrected chi connectivity index (χ3v) is 4.96. The number of methoxy groups -OCH3 is 1. The lowest BCUT2D eigenvalue weighted by Crippen LogP contribution is -2.61. The Balaban J connectivity index is 1.94. The molecule has 1 atom stereocenters. The number of anilines is 1. The molecule has 0 bridgehead atoms. The molecule has 1 aliphatic heterocycles. The summed E-state index contributed by atoms with van der Waals surface area (Å²) in [5.74, 6) is -3.36. The molecular weight excluding hydrogens is 460 g/mol. The third kappa shape index (κ3) is 4.30. The van der Waals surface area contributed by atoms with E-state index in [4.69, 9.17) is 25.8 Å². The zero-order chi connectivity index (χ0) is 23.8. The molecule has 172 valence electrons. The van der Waals surface area contributed by atoms with Crippen molar-refractivity contribution in [3.8, 4) is 17.2 Å². The van der Waals surface area contributed by atoms with E-state index >= 15 is 0 Å². The van der Waals surface area contributed by atoms with Crippen molar-refractivity contribution in [3.05, 3.63) is 46.7 Å². The smallest absolute Gasteiger partial charge is 0.416 e. The van der Waals surface area contributed by atoms with Crippen molar-refractivity contribution in [1.29, 1.82) is 0 Å². The first-order valence-corrected chi connectivity index (χ1v) is 9.39. The molecule has 1 aliphatic rings. The van der Waals surface area contributed by atoms with Gasteiger partial charge in [-0.25, -0.2) is 4.39 Å². The first kappa shape index (κ1) is 23.6. The Hall–Kier alpha value is -3.05. The molecular formula is C20H17ClF4N2O5. The number of halogens is 5. The van der Waals surface area contributed by atoms with Gasteiger partial charge in [0.15, 0.2) is 11.6 Å². The molecule has 0 spiro atoms. The number of carbonyl (C=O) groups is 2. The predicted molar refractivity (Wildman–Crippen MR) is 105 cm³/mol. The van der Waals surface area contributed by atoms with E-state index in [-0.39, 0.29) is 24.3 Å². The van der Waals surface area contributed by atoms with Crippen LogP contribution >= 0.6 is 11.6 Å². The second-order valence-electron chi connectivity index (χ2n) is 6.94. The summed E-state index contributed by atoms with van der Waals surface area (Å²) in [5.41, 5.74) is -2.91. The zero-order valence-electron chi connectivity index (χ0n) is 17.0. The number of alkyl halides is 3. The number of hydrogen-bond acceptors (Lipinski definition) is 5. The van der Waals surface area contributed by atoms with Crippen LogP contribution in [0.2, 0.25) is 5.02 Å². The molecule has 0 aromatic heterocycles. The van der Waals surface area contributed by atoms with Crippen LogP contribution in [0.4, 0.5) is 23.2 Å². The van der Waals surface area contributed by atoms with Crippen LogP contribution in [0.15, 0.2) is 30.3 Å². The molecule has 2 aromatic carbocycles. The van der Waals surface area contributed by atoms with Crippen LogP contribution in [0.5, 0.6) is 17.2 Å². The number of nitrogens with zero attached hydrogens (tertiary/aromatic N) is 1. The Bertz CT molecular complexity index is 1060. The van der Waals surface area contributed by atoms with Crippen LogP contribution in [-0.2, 0) is 20.5 Å². The summed E-state index contributed by atoms with van der Waals surface area (Å²) < 4.78 is 68.5. The van der Waals surface area contributed by atoms with E-state index in [1.54, 1.807) is 0 Å². The molecule has 0 fully saturated rings. The molecule has 32 heavy (non-hydrogen) atoms. The number of hydrogen-bond donors (Lipinski definition) is 1. The fourth-order valence-electron chi connectivity index (χ4n) is 3.00. The minimum absolute atomic E-state index is 0.0445. The molecule has 12 heteroatoms. The van der Waals surface area contributed by atoms with Crippen LogP contribution in [-0.4, -0.2) is 38.3 Å². The monoisotopic (exact) mass is 476 g/mol. The van der Waals surface area contributed by atoms with Gasteiger partial charge in [0.1, 0.15) is 18.2 Å². The number of amides is 2. The van der Waals surface area contributed by atoms with Crippen molar-refractivity contribution in [2.24, 2.45) is 0 Å². The number of ether oxygens (including phenoxy) is 3. The molecule has 2 amide bonds. The van der Waals surface area contributed by atoms with Gasteiger partial charge >= 0.3 is 6.18 Å². The van der Waals surface area contributed by atoms with Crippen LogP contribution in [0, 0.1) is 5.82 Å². The lowest BCUT2D eigenvalue weighted by Gasteiger charge is -2.37. The maximum atomic E-state index is 14.3. The average Bonchev–Trinajstić information content (AvgIpc) is 2.72. The van der Waals surface area contributed by atoms with Crippen molar-refractivity contribution in [1.82, 2.24) is 5.32 Å². The Labute approximate surface area is 184 Å². The van der Waals surface area contributed by atoms with Gasteiger partial charge in [-0.1, -0.05) is 11.6 Å². The van der Waals surface area contributed by atoms with E-state index in [9.17, 15) is 27.2 Å². The maximum absolute atomic E-state index is 14.3. The van der Waals surface area contributed by atoms with Crippen LogP contribution in [0.25, 0.3) is 0 Å². The molecule has 7 nitrogen and oxygen atoms in total. The van der Waals surface area contributed by atoms with Gasteiger partial charge in [-0.05, 0) is 31.2 Å². The molecule has 1 heterocycles. The predicted octanol–water partition coefficient (Wildman–Crippen LogP) is 4.12. The quantitative estimate of drug-likeness (QED) is 0.399. The third-order valence-electron chi connectivity index (χ3n) is 4.68. The van der Waals surface area contributed by atoms with Gasteiger partial charge in [-0.15, -0.1) is 0 Å². The van der Waals surface area contributed by atoms with Crippen molar-refractivity contribution in [3.63, 3.8) is 0 Å². The summed E-state index contributed by atoms with van der Waals surface area (Å²) in [5, 5.41) is 1.80. The molecule has 0 saturated heterocycles. The van der Waals surface area contributed by atoms with E-state index in [0.717, 1.165) is 0 Å². The SMILES string of the molecule is COCNC(=O)C1(C)Oc2cc(Oc3c(F)cc(C(F)(F)F)cc3Cl)ccc2N(C)C1=O. The van der Waals surface area contributed by atoms with Crippen molar-refractivity contribution in [2.75, 3.05) is 25.8 Å². The summed E-state index contributed by atoms with van der Waals surface area (Å²) in [7, 11) is 2.78. The topological polar surface area (TPSA) is 77.1 Å². The summed E-state index contributed by atoms with van der Waals surface area (Å²) >= 11 is 5.80. The lowest BCUT2D eigenvalue weighted by atomic mass is 10.0. The maximum Gasteiger partial charge on any atom is 0.416 e. The van der Waals surface area contributed by atoms with Gasteiger partial charge in [-0.2, -0.15) is 13.2 Å². The molecule has 0 aliphatic carbocycles. The molecule has 3 rings (SSSR count). The van der Waals surface area contributed by atoms with E-state index in [0.29, 0.717) is 11.8 Å². The van der Waals surface area contributed by atoms with E-state index in [2.05, 4.69) is 5.32 Å². The minimum Gasteiger partial charge on any atom is -0.465 e. The molecule has 2 aromatic rings. The van der Waals surface area contributed by atoms with Gasteiger partial charge in [0.05, 0.1) is 16.3 Å². The van der Waals surface area contributed by atoms with Gasteiger partial charge in [-0.3, -0.25) is 9.59 Å². The minimum atomic E-state index is -4.78. The standard InChI is InChI=1S/C20H17ClF4N2O5/c1-19(17(28)26-9-30-3)18(29)27(2)14-5-4-11(8-15(14)32-19)31-16-12(21)6-10(7-13(16)22)20(23,24)25/h4-8H,9H2,1-3H3,(H,26,28). The van der Waals surface area contributed by atoms with E-state index in [1.807, 2.05) is 0 Å². The molecule has 0 saturated carbocycles. The second kappa shape index (κ2) is 8.47. The number of rotatable bonds is 5.